The van der Waals surface area contributed by atoms with Crippen LogP contribution in [0.15, 0.2) is 12.2 Å². The third-order valence-electron chi connectivity index (χ3n) is 1.42. The van der Waals surface area contributed by atoms with Gasteiger partial charge in [0.05, 0.1) is 0 Å². The second kappa shape index (κ2) is 3.53. The Hall–Kier alpha value is -0.830. The van der Waals surface area contributed by atoms with Crippen LogP contribution in [0.25, 0.3) is 0 Å². The molecule has 0 heterocycles. The molecule has 0 aliphatic rings. The van der Waals surface area contributed by atoms with Crippen LogP contribution in [0.1, 0.15) is 20.3 Å². The van der Waals surface area contributed by atoms with E-state index in [-0.39, 0.29) is 17.6 Å². The monoisotopic (exact) mass is 158 g/mol. The highest BCUT2D eigenvalue weighted by atomic mass is 16.4. The van der Waals surface area contributed by atoms with E-state index in [9.17, 15) is 4.79 Å². The number of carboxylic acids is 1. The van der Waals surface area contributed by atoms with Crippen LogP contribution in [-0.2, 0) is 4.79 Å². The van der Waals surface area contributed by atoms with Gasteiger partial charge in [-0.15, -0.1) is 0 Å². The Bertz CT molecular complexity index is 170. The normalized spacial score (nSPS) is 11.2. The smallest absolute Gasteiger partial charge is 0.330 e. The molecule has 3 heteroatoms. The molecule has 2 N–H and O–H groups in total. The summed E-state index contributed by atoms with van der Waals surface area (Å²) in [4.78, 5) is 10.3. The number of aliphatic carboxylic acids is 1. The van der Waals surface area contributed by atoms with Gasteiger partial charge in [0.15, 0.2) is 0 Å². The van der Waals surface area contributed by atoms with E-state index in [4.69, 9.17) is 10.2 Å². The molecular weight excluding hydrogens is 144 g/mol. The molecule has 0 aromatic rings. The molecule has 0 saturated heterocycles. The Labute approximate surface area is 66.4 Å². The van der Waals surface area contributed by atoms with Crippen molar-refractivity contribution in [1.82, 2.24) is 0 Å². The van der Waals surface area contributed by atoms with Crippen molar-refractivity contribution in [3.8, 4) is 0 Å². The van der Waals surface area contributed by atoms with Crippen molar-refractivity contribution >= 4 is 5.97 Å². The Kier molecular flexibility index (Phi) is 3.26. The molecule has 0 radical (unpaired) electrons. The fraction of sp³-hybridized carbons (Fsp3) is 0.625. The zero-order chi connectivity index (χ0) is 9.07. The van der Waals surface area contributed by atoms with Gasteiger partial charge in [0.25, 0.3) is 0 Å². The number of carboxylic acid groups (broad SMARTS) is 1. The van der Waals surface area contributed by atoms with Crippen molar-refractivity contribution in [1.29, 1.82) is 0 Å². The maximum absolute atomic E-state index is 10.3. The lowest BCUT2D eigenvalue weighted by atomic mass is 9.87. The van der Waals surface area contributed by atoms with E-state index in [1.54, 1.807) is 13.8 Å². The van der Waals surface area contributed by atoms with Crippen molar-refractivity contribution in [2.24, 2.45) is 5.41 Å². The first kappa shape index (κ1) is 10.2. The third-order valence-corrected chi connectivity index (χ3v) is 1.42. The highest BCUT2D eigenvalue weighted by molar-refractivity contribution is 5.85. The number of hydrogen-bond acceptors (Lipinski definition) is 2. The van der Waals surface area contributed by atoms with Crippen LogP contribution in [0.3, 0.4) is 0 Å². The van der Waals surface area contributed by atoms with Gasteiger partial charge in [-0.2, -0.15) is 0 Å². The van der Waals surface area contributed by atoms with E-state index in [1.807, 2.05) is 0 Å². The molecular formula is C8H14O3. The van der Waals surface area contributed by atoms with Gasteiger partial charge in [0.1, 0.15) is 0 Å². The Balaban J connectivity index is 4.04. The van der Waals surface area contributed by atoms with Crippen molar-refractivity contribution in [3.63, 3.8) is 0 Å². The molecule has 64 valence electrons. The van der Waals surface area contributed by atoms with Crippen molar-refractivity contribution in [3.05, 3.63) is 12.2 Å². The van der Waals surface area contributed by atoms with Gasteiger partial charge in [0.2, 0.25) is 0 Å². The molecule has 0 aromatic heterocycles. The number of carbonyl (C=O) groups is 1. The fourth-order valence-corrected chi connectivity index (χ4v) is 0.709. The molecule has 0 unspecified atom stereocenters. The van der Waals surface area contributed by atoms with Crippen molar-refractivity contribution in [2.75, 3.05) is 6.61 Å². The molecule has 0 bridgehead atoms. The van der Waals surface area contributed by atoms with Gasteiger partial charge < -0.3 is 10.2 Å². The van der Waals surface area contributed by atoms with Gasteiger partial charge in [-0.25, -0.2) is 4.79 Å². The van der Waals surface area contributed by atoms with Crippen LogP contribution >= 0.6 is 0 Å². The lowest BCUT2D eigenvalue weighted by Crippen LogP contribution is -2.19. The summed E-state index contributed by atoms with van der Waals surface area (Å²) in [6.45, 7) is 6.93. The Morgan fingerprint density at radius 3 is 2.27 bits per heavy atom. The van der Waals surface area contributed by atoms with E-state index in [0.29, 0.717) is 6.42 Å². The summed E-state index contributed by atoms with van der Waals surface area (Å²) in [5.74, 6) is -0.994. The van der Waals surface area contributed by atoms with Crippen LogP contribution in [-0.4, -0.2) is 22.8 Å². The fourth-order valence-electron chi connectivity index (χ4n) is 0.709. The standard InChI is InChI=1S/C8H14O3/c1-6(7(10)11)4-8(2,3)5-9/h9H,1,4-5H2,2-3H3,(H,10,11). The summed E-state index contributed by atoms with van der Waals surface area (Å²) in [6.07, 6.45) is 0.318. The molecule has 0 atom stereocenters. The van der Waals surface area contributed by atoms with Crippen LogP contribution in [0.2, 0.25) is 0 Å². The molecule has 11 heavy (non-hydrogen) atoms. The molecule has 0 amide bonds. The van der Waals surface area contributed by atoms with E-state index in [1.165, 1.54) is 0 Å². The van der Waals surface area contributed by atoms with E-state index in [0.717, 1.165) is 0 Å². The molecule has 3 nitrogen and oxygen atoms in total. The number of hydrogen-bond donors (Lipinski definition) is 2. The van der Waals surface area contributed by atoms with Gasteiger partial charge in [-0.3, -0.25) is 0 Å². The first-order valence-corrected chi connectivity index (χ1v) is 3.41. The zero-order valence-electron chi connectivity index (χ0n) is 6.92. The summed E-state index contributed by atoms with van der Waals surface area (Å²) >= 11 is 0. The second-order valence-corrected chi connectivity index (χ2v) is 3.41. The maximum atomic E-state index is 10.3. The number of aliphatic hydroxyl groups is 1. The molecule has 0 fully saturated rings. The summed E-state index contributed by atoms with van der Waals surface area (Å²) in [6, 6.07) is 0. The average Bonchev–Trinajstić information content (AvgIpc) is 1.87. The minimum Gasteiger partial charge on any atom is -0.478 e. The summed E-state index contributed by atoms with van der Waals surface area (Å²) in [5, 5.41) is 17.3. The van der Waals surface area contributed by atoms with Crippen LogP contribution in [0.4, 0.5) is 0 Å². The predicted molar refractivity (Wildman–Crippen MR) is 42.3 cm³/mol. The van der Waals surface area contributed by atoms with E-state index < -0.39 is 5.97 Å². The first-order chi connectivity index (χ1) is 4.89. The Morgan fingerprint density at radius 1 is 1.55 bits per heavy atom. The molecule has 0 saturated carbocycles. The maximum Gasteiger partial charge on any atom is 0.330 e. The quantitative estimate of drug-likeness (QED) is 0.601. The lowest BCUT2D eigenvalue weighted by Gasteiger charge is -2.20. The molecule has 0 spiro atoms. The van der Waals surface area contributed by atoms with E-state index >= 15 is 0 Å². The largest absolute Gasteiger partial charge is 0.478 e. The van der Waals surface area contributed by atoms with Crippen LogP contribution in [0, 0.1) is 5.41 Å². The SMILES string of the molecule is C=C(CC(C)(C)CO)C(=O)O. The third kappa shape index (κ3) is 3.78. The Morgan fingerprint density at radius 2 is 2.00 bits per heavy atom. The summed E-state index contributed by atoms with van der Waals surface area (Å²) < 4.78 is 0. The van der Waals surface area contributed by atoms with Gasteiger partial charge in [0, 0.05) is 12.2 Å². The highest BCUT2D eigenvalue weighted by Crippen LogP contribution is 2.23. The molecule has 0 rings (SSSR count). The predicted octanol–water partition coefficient (Wildman–Crippen LogP) is 1.04. The molecule has 0 aliphatic carbocycles. The van der Waals surface area contributed by atoms with E-state index in [2.05, 4.69) is 6.58 Å². The zero-order valence-corrected chi connectivity index (χ0v) is 6.92. The van der Waals surface area contributed by atoms with Crippen molar-refractivity contribution < 1.29 is 15.0 Å². The average molecular weight is 158 g/mol. The molecule has 0 aromatic carbocycles. The van der Waals surface area contributed by atoms with Crippen LogP contribution in [0.5, 0.6) is 0 Å². The van der Waals surface area contributed by atoms with Gasteiger partial charge >= 0.3 is 5.97 Å². The highest BCUT2D eigenvalue weighted by Gasteiger charge is 2.20. The molecule has 0 aliphatic heterocycles. The van der Waals surface area contributed by atoms with Gasteiger partial charge in [-0.05, 0) is 11.8 Å². The minimum atomic E-state index is -0.994. The summed E-state index contributed by atoms with van der Waals surface area (Å²) in [7, 11) is 0. The minimum absolute atomic E-state index is 0.0285. The van der Waals surface area contributed by atoms with Gasteiger partial charge in [-0.1, -0.05) is 20.4 Å². The lowest BCUT2D eigenvalue weighted by molar-refractivity contribution is -0.133. The van der Waals surface area contributed by atoms with Crippen LogP contribution < -0.4 is 0 Å². The topological polar surface area (TPSA) is 57.5 Å². The van der Waals surface area contributed by atoms with Crippen molar-refractivity contribution in [2.45, 2.75) is 20.3 Å². The first-order valence-electron chi connectivity index (χ1n) is 3.41. The second-order valence-electron chi connectivity index (χ2n) is 3.41. The number of rotatable bonds is 4. The number of aliphatic hydroxyl groups excluding tert-OH is 1. The summed E-state index contributed by atoms with van der Waals surface area (Å²) in [5.41, 5.74) is -0.237.